The quantitative estimate of drug-likeness (QED) is 0.618. The molecule has 1 heterocycles. The van der Waals surface area contributed by atoms with Crippen molar-refractivity contribution in [2.24, 2.45) is 0 Å². The molecule has 0 spiro atoms. The van der Waals surface area contributed by atoms with Crippen LogP contribution in [-0.4, -0.2) is 22.6 Å². The molecule has 0 aliphatic rings. The van der Waals surface area contributed by atoms with Gasteiger partial charge in [-0.3, -0.25) is 4.79 Å². The second-order valence-electron chi connectivity index (χ2n) is 6.50. The smallest absolute Gasteiger partial charge is 0.227 e. The van der Waals surface area contributed by atoms with Crippen LogP contribution in [0.1, 0.15) is 30.4 Å². The first-order chi connectivity index (χ1) is 13.5. The number of benzene rings is 2. The van der Waals surface area contributed by atoms with E-state index in [0.29, 0.717) is 29.3 Å². The van der Waals surface area contributed by atoms with Crippen LogP contribution in [-0.2, 0) is 17.8 Å². The van der Waals surface area contributed by atoms with E-state index in [4.69, 9.17) is 4.52 Å². The summed E-state index contributed by atoms with van der Waals surface area (Å²) in [6.45, 7) is 5.38. The van der Waals surface area contributed by atoms with Gasteiger partial charge in [0, 0.05) is 30.6 Å². The molecule has 2 aromatic carbocycles. The van der Waals surface area contributed by atoms with Gasteiger partial charge in [0.2, 0.25) is 17.6 Å². The largest absolute Gasteiger partial charge is 0.339 e. The van der Waals surface area contributed by atoms with Gasteiger partial charge in [0.15, 0.2) is 0 Å². The van der Waals surface area contributed by atoms with E-state index in [1.807, 2.05) is 31.2 Å². The van der Waals surface area contributed by atoms with Gasteiger partial charge >= 0.3 is 0 Å². The predicted molar refractivity (Wildman–Crippen MR) is 105 cm³/mol. The van der Waals surface area contributed by atoms with Crippen molar-refractivity contribution in [3.63, 3.8) is 0 Å². The van der Waals surface area contributed by atoms with Crippen LogP contribution in [0.3, 0.4) is 0 Å². The van der Waals surface area contributed by atoms with E-state index in [1.165, 1.54) is 6.07 Å². The molecule has 0 saturated carbocycles. The van der Waals surface area contributed by atoms with Gasteiger partial charge in [-0.15, -0.1) is 0 Å². The molecule has 3 rings (SSSR count). The molecule has 0 aliphatic heterocycles. The highest BCUT2D eigenvalue weighted by Crippen LogP contribution is 2.19. The van der Waals surface area contributed by atoms with Gasteiger partial charge in [-0.25, -0.2) is 4.39 Å². The molecule has 0 bridgehead atoms. The van der Waals surface area contributed by atoms with Gasteiger partial charge in [0.1, 0.15) is 5.82 Å². The maximum atomic E-state index is 13.7. The fraction of sp³-hybridized carbons (Fsp3) is 0.286. The highest BCUT2D eigenvalue weighted by Gasteiger charge is 2.12. The van der Waals surface area contributed by atoms with Crippen LogP contribution < -0.4 is 10.6 Å². The lowest BCUT2D eigenvalue weighted by Gasteiger charge is -2.07. The zero-order valence-electron chi connectivity index (χ0n) is 16.0. The molecule has 7 heteroatoms. The summed E-state index contributed by atoms with van der Waals surface area (Å²) in [5.41, 5.74) is 2.95. The van der Waals surface area contributed by atoms with Crippen molar-refractivity contribution >= 4 is 11.6 Å². The molecule has 146 valence electrons. The average Bonchev–Trinajstić information content (AvgIpc) is 3.16. The number of carbonyl (C=O) groups excluding carboxylic acids is 1. The SMILES string of the molecule is CCNCc1cccc(NC(=O)CCc2nc(-c3ccc(C)c(F)c3)no2)c1. The lowest BCUT2D eigenvalue weighted by molar-refractivity contribution is -0.116. The maximum Gasteiger partial charge on any atom is 0.227 e. The Hall–Kier alpha value is -3.06. The van der Waals surface area contributed by atoms with Gasteiger partial charge in [0.05, 0.1) is 0 Å². The summed E-state index contributed by atoms with van der Waals surface area (Å²) in [6.07, 6.45) is 0.519. The topological polar surface area (TPSA) is 80.0 Å². The molecule has 0 unspecified atom stereocenters. The van der Waals surface area contributed by atoms with Crippen LogP contribution >= 0.6 is 0 Å². The summed E-state index contributed by atoms with van der Waals surface area (Å²) < 4.78 is 18.9. The lowest BCUT2D eigenvalue weighted by atomic mass is 10.1. The highest BCUT2D eigenvalue weighted by atomic mass is 19.1. The number of aromatic nitrogens is 2. The average molecular weight is 382 g/mol. The Kier molecular flexibility index (Phi) is 6.49. The second kappa shape index (κ2) is 9.23. The summed E-state index contributed by atoms with van der Waals surface area (Å²) in [6, 6.07) is 12.5. The van der Waals surface area contributed by atoms with Crippen molar-refractivity contribution in [2.45, 2.75) is 33.2 Å². The highest BCUT2D eigenvalue weighted by molar-refractivity contribution is 5.90. The normalized spacial score (nSPS) is 10.8. The zero-order valence-corrected chi connectivity index (χ0v) is 16.0. The molecule has 2 N–H and O–H groups in total. The predicted octanol–water partition coefficient (Wildman–Crippen LogP) is 3.86. The number of rotatable bonds is 8. The Labute approximate surface area is 163 Å². The maximum absolute atomic E-state index is 13.7. The van der Waals surface area contributed by atoms with Crippen LogP contribution in [0.25, 0.3) is 11.4 Å². The van der Waals surface area contributed by atoms with Crippen LogP contribution in [0.15, 0.2) is 47.0 Å². The van der Waals surface area contributed by atoms with Gasteiger partial charge in [0.25, 0.3) is 0 Å². The molecule has 0 radical (unpaired) electrons. The number of aryl methyl sites for hydroxylation is 2. The number of hydrogen-bond acceptors (Lipinski definition) is 5. The van der Waals surface area contributed by atoms with E-state index in [-0.39, 0.29) is 18.1 Å². The molecule has 6 nitrogen and oxygen atoms in total. The second-order valence-corrected chi connectivity index (χ2v) is 6.50. The summed E-state index contributed by atoms with van der Waals surface area (Å²) in [4.78, 5) is 16.4. The Morgan fingerprint density at radius 3 is 2.86 bits per heavy atom. The fourth-order valence-corrected chi connectivity index (χ4v) is 2.68. The number of nitrogens with one attached hydrogen (secondary N) is 2. The fourth-order valence-electron chi connectivity index (χ4n) is 2.68. The molecule has 0 fully saturated rings. The first kappa shape index (κ1) is 19.7. The Morgan fingerprint density at radius 2 is 2.07 bits per heavy atom. The molecular formula is C21H23FN4O2. The van der Waals surface area contributed by atoms with Crippen LogP contribution in [0, 0.1) is 12.7 Å². The van der Waals surface area contributed by atoms with E-state index < -0.39 is 0 Å². The number of hydrogen-bond donors (Lipinski definition) is 2. The molecular weight excluding hydrogens is 359 g/mol. The minimum absolute atomic E-state index is 0.137. The van der Waals surface area contributed by atoms with Crippen molar-refractivity contribution in [2.75, 3.05) is 11.9 Å². The zero-order chi connectivity index (χ0) is 19.9. The third-order valence-corrected chi connectivity index (χ3v) is 4.25. The van der Waals surface area contributed by atoms with E-state index in [9.17, 15) is 9.18 Å². The molecule has 1 amide bonds. The van der Waals surface area contributed by atoms with Crippen molar-refractivity contribution in [1.82, 2.24) is 15.5 Å². The monoisotopic (exact) mass is 382 g/mol. The molecule has 0 atom stereocenters. The lowest BCUT2D eigenvalue weighted by Crippen LogP contribution is -2.14. The number of carbonyl (C=O) groups is 1. The third-order valence-electron chi connectivity index (χ3n) is 4.25. The minimum atomic E-state index is -0.320. The van der Waals surface area contributed by atoms with E-state index in [1.54, 1.807) is 19.1 Å². The molecule has 1 aromatic heterocycles. The van der Waals surface area contributed by atoms with E-state index in [2.05, 4.69) is 20.8 Å². The van der Waals surface area contributed by atoms with Gasteiger partial charge in [-0.1, -0.05) is 36.3 Å². The first-order valence-corrected chi connectivity index (χ1v) is 9.23. The van der Waals surface area contributed by atoms with Gasteiger partial charge in [-0.05, 0) is 42.8 Å². The molecule has 3 aromatic rings. The van der Waals surface area contributed by atoms with Crippen molar-refractivity contribution < 1.29 is 13.7 Å². The Bertz CT molecular complexity index is 955. The number of amides is 1. The number of anilines is 1. The van der Waals surface area contributed by atoms with Crippen molar-refractivity contribution in [3.8, 4) is 11.4 Å². The molecule has 0 saturated heterocycles. The van der Waals surface area contributed by atoms with E-state index in [0.717, 1.165) is 24.3 Å². The summed E-state index contributed by atoms with van der Waals surface area (Å²) in [5, 5.41) is 9.99. The Balaban J connectivity index is 1.55. The van der Waals surface area contributed by atoms with Crippen LogP contribution in [0.4, 0.5) is 10.1 Å². The van der Waals surface area contributed by atoms with Gasteiger partial charge in [-0.2, -0.15) is 4.98 Å². The first-order valence-electron chi connectivity index (χ1n) is 9.23. The van der Waals surface area contributed by atoms with E-state index >= 15 is 0 Å². The molecule has 28 heavy (non-hydrogen) atoms. The third kappa shape index (κ3) is 5.23. The number of halogens is 1. The standard InChI is InChI=1S/C21H23FN4O2/c1-3-23-13-15-5-4-6-17(11-15)24-19(27)9-10-20-25-21(26-28-20)16-8-7-14(2)18(22)12-16/h4-8,11-12,23H,3,9-10,13H2,1-2H3,(H,24,27). The summed E-state index contributed by atoms with van der Waals surface area (Å²) in [7, 11) is 0. The Morgan fingerprint density at radius 1 is 1.21 bits per heavy atom. The molecule has 0 aliphatic carbocycles. The van der Waals surface area contributed by atoms with Crippen LogP contribution in [0.2, 0.25) is 0 Å². The summed E-state index contributed by atoms with van der Waals surface area (Å²) in [5.74, 6) is 0.193. The van der Waals surface area contributed by atoms with Crippen molar-refractivity contribution in [3.05, 3.63) is 65.3 Å². The van der Waals surface area contributed by atoms with Crippen molar-refractivity contribution in [1.29, 1.82) is 0 Å². The van der Waals surface area contributed by atoms with Crippen LogP contribution in [0.5, 0.6) is 0 Å². The number of nitrogens with zero attached hydrogens (tertiary/aromatic N) is 2. The summed E-state index contributed by atoms with van der Waals surface area (Å²) >= 11 is 0. The minimum Gasteiger partial charge on any atom is -0.339 e. The van der Waals surface area contributed by atoms with Gasteiger partial charge < -0.3 is 15.2 Å².